The molecule has 8 heteroatoms. The first kappa shape index (κ1) is 22.7. The number of hydrogen-bond acceptors (Lipinski definition) is 6. The van der Waals surface area contributed by atoms with Gasteiger partial charge in [0.2, 0.25) is 5.70 Å². The molecule has 2 unspecified atom stereocenters. The number of allylic oxidation sites excluding steroid dienone is 4. The van der Waals surface area contributed by atoms with E-state index in [1.807, 2.05) is 73.0 Å². The van der Waals surface area contributed by atoms with E-state index in [9.17, 15) is 4.79 Å². The van der Waals surface area contributed by atoms with Crippen molar-refractivity contribution in [1.29, 1.82) is 0 Å². The largest absolute Gasteiger partial charge is 0.489 e. The van der Waals surface area contributed by atoms with E-state index in [-0.39, 0.29) is 17.1 Å². The van der Waals surface area contributed by atoms with Gasteiger partial charge in [-0.2, -0.15) is 10.8 Å². The number of amides is 1. The zero-order valence-electron chi connectivity index (χ0n) is 19.5. The van der Waals surface area contributed by atoms with E-state index in [0.717, 1.165) is 28.1 Å². The summed E-state index contributed by atoms with van der Waals surface area (Å²) in [5.41, 5.74) is 5.04. The number of methoxy groups -OCH3 is 1. The molecule has 5 rings (SSSR count). The van der Waals surface area contributed by atoms with Gasteiger partial charge in [-0.1, -0.05) is 42.5 Å². The standard InChI is InChI=1S/C27H25N5O3/c1-18(34-2)27(33)30-23-12-4-3-7-21(23)17-35-22-11-6-10-20(15-22)26-31-25(19-8-5-9-19)24-16-29-13-14-32(24,26)28/h3-16,18H,17,28H2,1-2H3/p+1. The molecule has 2 aromatic carbocycles. The maximum absolute atomic E-state index is 12.3. The van der Waals surface area contributed by atoms with Crippen molar-refractivity contribution in [2.24, 2.45) is 15.8 Å². The van der Waals surface area contributed by atoms with Crippen LogP contribution in [0.5, 0.6) is 5.75 Å². The summed E-state index contributed by atoms with van der Waals surface area (Å²) in [6.07, 6.45) is 10.7. The summed E-state index contributed by atoms with van der Waals surface area (Å²) in [4.78, 5) is 21.4. The molecule has 3 N–H and O–H groups in total. The summed E-state index contributed by atoms with van der Waals surface area (Å²) < 4.78 is 11.2. The lowest BCUT2D eigenvalue weighted by Crippen LogP contribution is -2.53. The predicted octanol–water partition coefficient (Wildman–Crippen LogP) is 3.95. The highest BCUT2D eigenvalue weighted by Crippen LogP contribution is 2.36. The molecule has 0 bridgehead atoms. The van der Waals surface area contributed by atoms with Crippen molar-refractivity contribution in [2.45, 2.75) is 19.6 Å². The summed E-state index contributed by atoms with van der Waals surface area (Å²) in [5, 5.41) is 2.90. The molecule has 3 aliphatic rings. The number of hydrogen-bond donors (Lipinski definition) is 2. The van der Waals surface area contributed by atoms with Crippen LogP contribution in [-0.2, 0) is 16.1 Å². The summed E-state index contributed by atoms with van der Waals surface area (Å²) in [6.45, 7) is 1.97. The van der Waals surface area contributed by atoms with E-state index in [1.165, 1.54) is 7.11 Å². The van der Waals surface area contributed by atoms with Crippen molar-refractivity contribution < 1.29 is 18.9 Å². The first-order valence-electron chi connectivity index (χ1n) is 11.3. The summed E-state index contributed by atoms with van der Waals surface area (Å²) in [5.74, 6) is 7.93. The Morgan fingerprint density at radius 3 is 2.80 bits per heavy atom. The summed E-state index contributed by atoms with van der Waals surface area (Å²) in [6, 6.07) is 15.2. The number of carbonyl (C=O) groups excluding carboxylic acids is 1. The first-order chi connectivity index (χ1) is 17.0. The van der Waals surface area contributed by atoms with Crippen molar-refractivity contribution in [3.63, 3.8) is 0 Å². The molecule has 35 heavy (non-hydrogen) atoms. The van der Waals surface area contributed by atoms with E-state index < -0.39 is 6.10 Å². The van der Waals surface area contributed by atoms with Gasteiger partial charge in [-0.25, -0.2) is 0 Å². The van der Waals surface area contributed by atoms with E-state index in [0.29, 0.717) is 17.3 Å². The van der Waals surface area contributed by atoms with Crippen LogP contribution in [0, 0.1) is 0 Å². The molecule has 0 radical (unpaired) electrons. The van der Waals surface area contributed by atoms with Gasteiger partial charge in [-0.05, 0) is 31.2 Å². The second-order valence-corrected chi connectivity index (χ2v) is 8.34. The first-order valence-corrected chi connectivity index (χ1v) is 11.3. The quantitative estimate of drug-likeness (QED) is 0.453. The molecule has 0 saturated carbocycles. The molecule has 2 aliphatic heterocycles. The number of quaternary nitrogens is 1. The third-order valence-corrected chi connectivity index (χ3v) is 6.10. The van der Waals surface area contributed by atoms with Crippen LogP contribution < -0.4 is 15.9 Å². The molecule has 0 saturated heterocycles. The molecule has 2 aromatic rings. The van der Waals surface area contributed by atoms with Crippen LogP contribution in [-0.4, -0.2) is 35.8 Å². The Labute approximate surface area is 203 Å². The number of ether oxygens (including phenoxy) is 2. The van der Waals surface area contributed by atoms with Crippen LogP contribution in [0.15, 0.2) is 106 Å². The number of para-hydroxylation sites is 1. The Kier molecular flexibility index (Phi) is 6.00. The van der Waals surface area contributed by atoms with Crippen LogP contribution in [0.2, 0.25) is 0 Å². The molecule has 8 nitrogen and oxygen atoms in total. The van der Waals surface area contributed by atoms with E-state index in [1.54, 1.807) is 19.3 Å². The van der Waals surface area contributed by atoms with Gasteiger partial charge in [0.1, 0.15) is 30.4 Å². The highest BCUT2D eigenvalue weighted by Gasteiger charge is 2.44. The number of nitrogens with two attached hydrogens (primary N) is 1. The minimum absolute atomic E-state index is 0.0555. The van der Waals surface area contributed by atoms with Crippen molar-refractivity contribution in [2.75, 3.05) is 12.4 Å². The Balaban J connectivity index is 1.37. The monoisotopic (exact) mass is 468 g/mol. The van der Waals surface area contributed by atoms with Gasteiger partial charge in [0.05, 0.1) is 18.0 Å². The maximum atomic E-state index is 12.3. The van der Waals surface area contributed by atoms with Crippen LogP contribution >= 0.6 is 0 Å². The average Bonchev–Trinajstić information content (AvgIpc) is 3.14. The van der Waals surface area contributed by atoms with Crippen LogP contribution in [0.3, 0.4) is 0 Å². The van der Waals surface area contributed by atoms with Crippen molar-refractivity contribution in [1.82, 2.24) is 0 Å². The van der Waals surface area contributed by atoms with Crippen molar-refractivity contribution in [3.05, 3.63) is 107 Å². The SMILES string of the molecule is COC(C)C(=O)Nc1ccccc1COc1cccc(C2=NC(C3=CC=C3)=C3C=NC=C[N+]23N)c1. The van der Waals surface area contributed by atoms with E-state index in [4.69, 9.17) is 20.3 Å². The number of anilines is 1. The minimum Gasteiger partial charge on any atom is -0.489 e. The normalized spacial score (nSPS) is 20.7. The lowest BCUT2D eigenvalue weighted by atomic mass is 10.0. The highest BCUT2D eigenvalue weighted by molar-refractivity contribution is 6.01. The molecule has 0 fully saturated rings. The fourth-order valence-electron chi connectivity index (χ4n) is 3.94. The Morgan fingerprint density at radius 1 is 1.20 bits per heavy atom. The number of carbonyl (C=O) groups is 1. The fourth-order valence-corrected chi connectivity index (χ4v) is 3.94. The van der Waals surface area contributed by atoms with Crippen LogP contribution in [0.4, 0.5) is 5.69 Å². The fraction of sp³-hybridized carbons (Fsp3) is 0.148. The zero-order chi connectivity index (χ0) is 24.4. The number of nitrogens with one attached hydrogen (secondary N) is 1. The van der Waals surface area contributed by atoms with Gasteiger partial charge in [0, 0.05) is 23.9 Å². The smallest absolute Gasteiger partial charge is 0.265 e. The molecule has 1 amide bonds. The summed E-state index contributed by atoms with van der Waals surface area (Å²) in [7, 11) is 1.50. The lowest BCUT2D eigenvalue weighted by Gasteiger charge is -2.26. The van der Waals surface area contributed by atoms with Gasteiger partial charge < -0.3 is 14.8 Å². The number of rotatable bonds is 8. The second kappa shape index (κ2) is 9.27. The topological polar surface area (TPSA) is 98.3 Å². The molecular formula is C27H26N5O3+. The van der Waals surface area contributed by atoms with Gasteiger partial charge in [0.25, 0.3) is 11.7 Å². The third kappa shape index (κ3) is 4.26. The second-order valence-electron chi connectivity index (χ2n) is 8.34. The number of nitrogens with zero attached hydrogens (tertiary/aromatic N) is 3. The van der Waals surface area contributed by atoms with E-state index >= 15 is 0 Å². The number of aliphatic imine (C=N–C) groups is 2. The molecule has 2 atom stereocenters. The van der Waals surface area contributed by atoms with Gasteiger partial charge in [0.15, 0.2) is 0 Å². The highest BCUT2D eigenvalue weighted by atomic mass is 16.5. The van der Waals surface area contributed by atoms with Gasteiger partial charge >= 0.3 is 0 Å². The molecule has 0 aromatic heterocycles. The molecule has 2 heterocycles. The summed E-state index contributed by atoms with van der Waals surface area (Å²) >= 11 is 0. The van der Waals surface area contributed by atoms with E-state index in [2.05, 4.69) is 10.3 Å². The Morgan fingerprint density at radius 2 is 2.03 bits per heavy atom. The number of fused-ring (bicyclic) bond motifs is 1. The minimum atomic E-state index is -0.553. The van der Waals surface area contributed by atoms with Gasteiger partial charge in [-0.3, -0.25) is 9.79 Å². The molecular weight excluding hydrogens is 442 g/mol. The van der Waals surface area contributed by atoms with Crippen LogP contribution in [0.1, 0.15) is 18.1 Å². The molecule has 176 valence electrons. The maximum Gasteiger partial charge on any atom is 0.265 e. The van der Waals surface area contributed by atoms with Crippen molar-refractivity contribution >= 4 is 23.6 Å². The lowest BCUT2D eigenvalue weighted by molar-refractivity contribution is -0.750. The van der Waals surface area contributed by atoms with Crippen molar-refractivity contribution in [3.8, 4) is 5.75 Å². The number of amidine groups is 1. The van der Waals surface area contributed by atoms with Gasteiger partial charge in [-0.15, -0.1) is 4.59 Å². The molecule has 0 spiro atoms. The predicted molar refractivity (Wildman–Crippen MR) is 135 cm³/mol. The number of benzene rings is 2. The third-order valence-electron chi connectivity index (χ3n) is 6.10. The Hall–Kier alpha value is -4.11. The van der Waals surface area contributed by atoms with Crippen LogP contribution in [0.25, 0.3) is 0 Å². The molecule has 1 aliphatic carbocycles. The average molecular weight is 469 g/mol. The zero-order valence-corrected chi connectivity index (χ0v) is 19.5. The Bertz CT molecular complexity index is 1370.